The van der Waals surface area contributed by atoms with E-state index in [9.17, 15) is 0 Å². The van der Waals surface area contributed by atoms with Crippen LogP contribution in [0.25, 0.3) is 0 Å². The molecule has 0 saturated carbocycles. The van der Waals surface area contributed by atoms with Crippen molar-refractivity contribution in [3.8, 4) is 0 Å². The predicted octanol–water partition coefficient (Wildman–Crippen LogP) is 4.62. The lowest BCUT2D eigenvalue weighted by Crippen LogP contribution is -2.21. The maximum absolute atomic E-state index is 3.48. The normalized spacial score (nSPS) is 16.6. The summed E-state index contributed by atoms with van der Waals surface area (Å²) in [5.74, 6) is 1.93. The average molecular weight is 297 g/mol. The highest BCUT2D eigenvalue weighted by atomic mass is 32.2. The molecule has 0 heterocycles. The lowest BCUT2D eigenvalue weighted by atomic mass is 9.79. The number of hydrogen-bond donors (Lipinski definition) is 1. The van der Waals surface area contributed by atoms with Crippen LogP contribution in [-0.4, -0.2) is 11.8 Å². The van der Waals surface area contributed by atoms with Crippen molar-refractivity contribution in [1.82, 2.24) is 5.32 Å². The maximum Gasteiger partial charge on any atom is 0.0208 e. The highest BCUT2D eigenvalue weighted by molar-refractivity contribution is 7.99. The standard InChI is InChI=1S/C19H23NS/c1-14(2)20-12-15-6-5-8-18(10-15)21-13-17-11-16-7-3-4-9-19(16)17/h3-10,14,17,20H,11-13H2,1-2H3. The van der Waals surface area contributed by atoms with E-state index in [-0.39, 0.29) is 0 Å². The first kappa shape index (κ1) is 14.7. The number of hydrogen-bond acceptors (Lipinski definition) is 2. The summed E-state index contributed by atoms with van der Waals surface area (Å²) in [5, 5.41) is 3.48. The minimum Gasteiger partial charge on any atom is -0.310 e. The zero-order valence-corrected chi connectivity index (χ0v) is 13.6. The lowest BCUT2D eigenvalue weighted by Gasteiger charge is -2.29. The molecule has 2 aromatic carbocycles. The van der Waals surface area contributed by atoms with E-state index in [0.717, 1.165) is 12.5 Å². The van der Waals surface area contributed by atoms with Crippen LogP contribution in [-0.2, 0) is 13.0 Å². The number of fused-ring (bicyclic) bond motifs is 1. The maximum atomic E-state index is 3.48. The van der Waals surface area contributed by atoms with E-state index in [1.165, 1.54) is 28.2 Å². The topological polar surface area (TPSA) is 12.0 Å². The van der Waals surface area contributed by atoms with Crippen LogP contribution < -0.4 is 5.32 Å². The number of benzene rings is 2. The van der Waals surface area contributed by atoms with Crippen molar-refractivity contribution in [3.05, 3.63) is 65.2 Å². The Labute approximate surface area is 132 Å². The summed E-state index contributed by atoms with van der Waals surface area (Å²) < 4.78 is 0. The quantitative estimate of drug-likeness (QED) is 0.781. The van der Waals surface area contributed by atoms with Crippen molar-refractivity contribution < 1.29 is 0 Å². The van der Waals surface area contributed by atoms with E-state index in [4.69, 9.17) is 0 Å². The molecule has 0 radical (unpaired) electrons. The molecule has 0 amide bonds. The number of thioether (sulfide) groups is 1. The summed E-state index contributed by atoms with van der Waals surface area (Å²) in [4.78, 5) is 1.39. The molecule has 0 aliphatic heterocycles. The van der Waals surface area contributed by atoms with Crippen LogP contribution in [0.15, 0.2) is 53.4 Å². The SMILES string of the molecule is CC(C)NCc1cccc(SCC2Cc3ccccc32)c1. The minimum absolute atomic E-state index is 0.535. The van der Waals surface area contributed by atoms with Crippen molar-refractivity contribution >= 4 is 11.8 Å². The van der Waals surface area contributed by atoms with Crippen LogP contribution >= 0.6 is 11.8 Å². The zero-order chi connectivity index (χ0) is 14.7. The summed E-state index contributed by atoms with van der Waals surface area (Å²) >= 11 is 1.99. The summed E-state index contributed by atoms with van der Waals surface area (Å²) in [6, 6.07) is 18.3. The van der Waals surface area contributed by atoms with E-state index in [1.54, 1.807) is 5.56 Å². The second-order valence-corrected chi connectivity index (χ2v) is 7.19. The van der Waals surface area contributed by atoms with Crippen LogP contribution in [0.3, 0.4) is 0 Å². The van der Waals surface area contributed by atoms with Crippen molar-refractivity contribution in [2.45, 2.75) is 43.7 Å². The fourth-order valence-electron chi connectivity index (χ4n) is 2.78. The Hall–Kier alpha value is -1.25. The largest absolute Gasteiger partial charge is 0.310 e. The molecule has 1 atom stereocenters. The third-order valence-electron chi connectivity index (χ3n) is 4.03. The summed E-state index contributed by atoms with van der Waals surface area (Å²) in [6.07, 6.45) is 1.25. The molecule has 0 bridgehead atoms. The Morgan fingerprint density at radius 3 is 2.81 bits per heavy atom. The van der Waals surface area contributed by atoms with Gasteiger partial charge >= 0.3 is 0 Å². The van der Waals surface area contributed by atoms with Crippen molar-refractivity contribution in [3.63, 3.8) is 0 Å². The first-order valence-electron chi connectivity index (χ1n) is 7.75. The van der Waals surface area contributed by atoms with Gasteiger partial charge in [0.1, 0.15) is 0 Å². The molecule has 1 nitrogen and oxygen atoms in total. The van der Waals surface area contributed by atoms with Gasteiger partial charge in [0.15, 0.2) is 0 Å². The molecular formula is C19H23NS. The average Bonchev–Trinajstić information content (AvgIpc) is 2.46. The summed E-state index contributed by atoms with van der Waals surface area (Å²) in [5.41, 5.74) is 4.48. The van der Waals surface area contributed by atoms with Crippen LogP contribution in [0.2, 0.25) is 0 Å². The van der Waals surface area contributed by atoms with Crippen molar-refractivity contribution in [2.75, 3.05) is 5.75 Å². The predicted molar refractivity (Wildman–Crippen MR) is 92.0 cm³/mol. The van der Waals surface area contributed by atoms with Gasteiger partial charge in [-0.05, 0) is 41.2 Å². The highest BCUT2D eigenvalue weighted by Crippen LogP contribution is 2.38. The van der Waals surface area contributed by atoms with Gasteiger partial charge in [-0.2, -0.15) is 0 Å². The van der Waals surface area contributed by atoms with E-state index in [0.29, 0.717) is 6.04 Å². The Kier molecular flexibility index (Phi) is 4.67. The van der Waals surface area contributed by atoms with Gasteiger partial charge in [-0.1, -0.05) is 50.2 Å². The van der Waals surface area contributed by atoms with Gasteiger partial charge < -0.3 is 5.32 Å². The molecule has 3 rings (SSSR count). The second kappa shape index (κ2) is 6.67. The molecular weight excluding hydrogens is 274 g/mol. The molecule has 110 valence electrons. The van der Waals surface area contributed by atoms with Crippen LogP contribution in [0, 0.1) is 0 Å². The van der Waals surface area contributed by atoms with Gasteiger partial charge in [-0.25, -0.2) is 0 Å². The van der Waals surface area contributed by atoms with E-state index in [1.807, 2.05) is 11.8 Å². The van der Waals surface area contributed by atoms with Gasteiger partial charge in [0.2, 0.25) is 0 Å². The Morgan fingerprint density at radius 2 is 2.00 bits per heavy atom. The third kappa shape index (κ3) is 3.69. The molecule has 2 aromatic rings. The number of rotatable bonds is 6. The van der Waals surface area contributed by atoms with Gasteiger partial charge in [0.05, 0.1) is 0 Å². The van der Waals surface area contributed by atoms with Gasteiger partial charge in [0.25, 0.3) is 0 Å². The first-order valence-corrected chi connectivity index (χ1v) is 8.74. The van der Waals surface area contributed by atoms with Crippen molar-refractivity contribution in [2.24, 2.45) is 0 Å². The molecule has 0 spiro atoms. The van der Waals surface area contributed by atoms with Gasteiger partial charge in [-0.3, -0.25) is 0 Å². The Morgan fingerprint density at radius 1 is 1.14 bits per heavy atom. The molecule has 0 fully saturated rings. The number of nitrogens with one attached hydrogen (secondary N) is 1. The lowest BCUT2D eigenvalue weighted by molar-refractivity contribution is 0.588. The molecule has 1 unspecified atom stereocenters. The molecule has 0 aromatic heterocycles. The molecule has 0 saturated heterocycles. The van der Waals surface area contributed by atoms with Gasteiger partial charge in [0, 0.05) is 23.2 Å². The molecule has 1 aliphatic rings. The van der Waals surface area contributed by atoms with Crippen molar-refractivity contribution in [1.29, 1.82) is 0 Å². The Bertz CT molecular complexity index is 606. The molecule has 21 heavy (non-hydrogen) atoms. The van der Waals surface area contributed by atoms with Crippen LogP contribution in [0.5, 0.6) is 0 Å². The summed E-state index contributed by atoms with van der Waals surface area (Å²) in [6.45, 7) is 5.33. The first-order chi connectivity index (χ1) is 10.2. The second-order valence-electron chi connectivity index (χ2n) is 6.09. The minimum atomic E-state index is 0.535. The van der Waals surface area contributed by atoms with E-state index in [2.05, 4.69) is 67.7 Å². The van der Waals surface area contributed by atoms with E-state index >= 15 is 0 Å². The smallest absolute Gasteiger partial charge is 0.0208 e. The summed E-state index contributed by atoms with van der Waals surface area (Å²) in [7, 11) is 0. The Balaban J connectivity index is 1.55. The molecule has 2 heteroatoms. The highest BCUT2D eigenvalue weighted by Gasteiger charge is 2.25. The zero-order valence-electron chi connectivity index (χ0n) is 12.8. The van der Waals surface area contributed by atoms with Crippen LogP contribution in [0.4, 0.5) is 0 Å². The molecule has 1 aliphatic carbocycles. The third-order valence-corrected chi connectivity index (χ3v) is 5.18. The van der Waals surface area contributed by atoms with Gasteiger partial charge in [-0.15, -0.1) is 11.8 Å². The van der Waals surface area contributed by atoms with E-state index < -0.39 is 0 Å². The fourth-order valence-corrected chi connectivity index (χ4v) is 3.88. The fraction of sp³-hybridized carbons (Fsp3) is 0.368. The molecule has 1 N–H and O–H groups in total. The van der Waals surface area contributed by atoms with Crippen LogP contribution in [0.1, 0.15) is 36.5 Å². The monoisotopic (exact) mass is 297 g/mol.